The number of carbonyl (C=O) groups is 1. The lowest BCUT2D eigenvalue weighted by Crippen LogP contribution is -2.26. The minimum Gasteiger partial charge on any atom is -0.507 e. The summed E-state index contributed by atoms with van der Waals surface area (Å²) in [6.45, 7) is 0. The molecule has 7 heteroatoms. The Labute approximate surface area is 119 Å². The molecule has 0 aliphatic rings. The predicted octanol–water partition coefficient (Wildman–Crippen LogP) is 2.72. The largest absolute Gasteiger partial charge is 0.507 e. The molecule has 108 valence electrons. The summed E-state index contributed by atoms with van der Waals surface area (Å²) in [5.74, 6) is -1.48. The zero-order chi connectivity index (χ0) is 15.6. The highest BCUT2D eigenvalue weighted by molar-refractivity contribution is 6.07. The molecular weight excluding hydrogens is 279 g/mol. The Morgan fingerprint density at radius 3 is 2.38 bits per heavy atom. The molecular formula is C14H11FN2O4. The van der Waals surface area contributed by atoms with Gasteiger partial charge in [-0.1, -0.05) is 0 Å². The molecule has 0 aromatic heterocycles. The molecule has 2 rings (SSSR count). The molecule has 1 amide bonds. The number of amides is 1. The molecule has 0 aliphatic heterocycles. The monoisotopic (exact) mass is 290 g/mol. The summed E-state index contributed by atoms with van der Waals surface area (Å²) >= 11 is 0. The molecule has 6 nitrogen and oxygen atoms in total. The number of halogens is 1. The maximum Gasteiger partial charge on any atom is 0.273 e. The fourth-order valence-corrected chi connectivity index (χ4v) is 1.78. The lowest BCUT2D eigenvalue weighted by molar-refractivity contribution is -0.384. The molecule has 2 aromatic carbocycles. The minimum atomic E-state index is -0.669. The summed E-state index contributed by atoms with van der Waals surface area (Å²) in [5, 5.41) is 20.3. The van der Waals surface area contributed by atoms with Gasteiger partial charge in [-0.3, -0.25) is 14.9 Å². The van der Waals surface area contributed by atoms with Crippen LogP contribution in [0.25, 0.3) is 0 Å². The van der Waals surface area contributed by atoms with Gasteiger partial charge in [0, 0.05) is 18.8 Å². The highest BCUT2D eigenvalue weighted by atomic mass is 19.1. The number of hydrogen-bond acceptors (Lipinski definition) is 4. The number of aromatic hydroxyl groups is 1. The number of nitrogens with zero attached hydrogens (tertiary/aromatic N) is 2. The Hall–Kier alpha value is -2.96. The minimum absolute atomic E-state index is 0.0765. The van der Waals surface area contributed by atoms with E-state index in [2.05, 4.69) is 0 Å². The number of benzene rings is 2. The zero-order valence-corrected chi connectivity index (χ0v) is 11.0. The second kappa shape index (κ2) is 5.58. The summed E-state index contributed by atoms with van der Waals surface area (Å²) in [7, 11) is 1.45. The second-order valence-corrected chi connectivity index (χ2v) is 4.30. The van der Waals surface area contributed by atoms with Crippen molar-refractivity contribution < 1.29 is 19.2 Å². The van der Waals surface area contributed by atoms with Crippen LogP contribution < -0.4 is 4.90 Å². The van der Waals surface area contributed by atoms with Gasteiger partial charge in [0.2, 0.25) is 0 Å². The van der Waals surface area contributed by atoms with Crippen molar-refractivity contribution in [2.24, 2.45) is 0 Å². The number of phenols is 1. The lowest BCUT2D eigenvalue weighted by atomic mass is 10.1. The van der Waals surface area contributed by atoms with Crippen molar-refractivity contribution in [2.75, 3.05) is 11.9 Å². The highest BCUT2D eigenvalue weighted by Gasteiger charge is 2.19. The molecule has 0 heterocycles. The quantitative estimate of drug-likeness (QED) is 0.695. The van der Waals surface area contributed by atoms with Gasteiger partial charge in [-0.25, -0.2) is 4.39 Å². The third-order valence-electron chi connectivity index (χ3n) is 2.94. The number of non-ortho nitro benzene ring substituents is 1. The molecule has 2 aromatic rings. The van der Waals surface area contributed by atoms with E-state index in [1.165, 1.54) is 42.3 Å². The summed E-state index contributed by atoms with van der Waals surface area (Å²) in [6.07, 6.45) is 0. The van der Waals surface area contributed by atoms with Crippen LogP contribution in [0.5, 0.6) is 5.75 Å². The van der Waals surface area contributed by atoms with Gasteiger partial charge in [-0.2, -0.15) is 0 Å². The van der Waals surface area contributed by atoms with E-state index in [1.807, 2.05) is 0 Å². The van der Waals surface area contributed by atoms with Crippen molar-refractivity contribution >= 4 is 17.3 Å². The first kappa shape index (κ1) is 14.4. The van der Waals surface area contributed by atoms with E-state index in [0.717, 1.165) is 12.1 Å². The van der Waals surface area contributed by atoms with Crippen molar-refractivity contribution in [3.8, 4) is 5.75 Å². The molecule has 0 bridgehead atoms. The normalized spacial score (nSPS) is 10.2. The van der Waals surface area contributed by atoms with Crippen LogP contribution in [0.15, 0.2) is 42.5 Å². The SMILES string of the molecule is CN(C(=O)c1ccc([N+](=O)[O-])cc1O)c1ccc(F)cc1. The Morgan fingerprint density at radius 2 is 1.86 bits per heavy atom. The number of carbonyl (C=O) groups excluding carboxylic acids is 1. The number of phenolic OH excluding ortho intramolecular Hbond substituents is 1. The molecule has 0 aliphatic carbocycles. The van der Waals surface area contributed by atoms with Crippen molar-refractivity contribution in [3.05, 3.63) is 64.0 Å². The van der Waals surface area contributed by atoms with E-state index in [4.69, 9.17) is 0 Å². The highest BCUT2D eigenvalue weighted by Crippen LogP contribution is 2.26. The Kier molecular flexibility index (Phi) is 3.84. The summed E-state index contributed by atoms with van der Waals surface area (Å²) < 4.78 is 12.9. The first-order valence-corrected chi connectivity index (χ1v) is 5.91. The van der Waals surface area contributed by atoms with E-state index in [1.54, 1.807) is 0 Å². The average molecular weight is 290 g/mol. The molecule has 0 saturated carbocycles. The molecule has 21 heavy (non-hydrogen) atoms. The van der Waals surface area contributed by atoms with Gasteiger partial charge in [-0.15, -0.1) is 0 Å². The Morgan fingerprint density at radius 1 is 1.24 bits per heavy atom. The zero-order valence-electron chi connectivity index (χ0n) is 11.0. The fraction of sp³-hybridized carbons (Fsp3) is 0.0714. The lowest BCUT2D eigenvalue weighted by Gasteiger charge is -2.17. The predicted molar refractivity (Wildman–Crippen MR) is 73.9 cm³/mol. The maximum atomic E-state index is 12.9. The van der Waals surface area contributed by atoms with Crippen LogP contribution in [0.4, 0.5) is 15.8 Å². The number of rotatable bonds is 3. The van der Waals surface area contributed by atoms with Gasteiger partial charge in [-0.05, 0) is 30.3 Å². The van der Waals surface area contributed by atoms with Gasteiger partial charge in [0.25, 0.3) is 11.6 Å². The fourth-order valence-electron chi connectivity index (χ4n) is 1.78. The van der Waals surface area contributed by atoms with Crippen LogP contribution in [-0.4, -0.2) is 23.0 Å². The van der Waals surface area contributed by atoms with E-state index in [9.17, 15) is 24.4 Å². The standard InChI is InChI=1S/C14H11FN2O4/c1-16(10-4-2-9(15)3-5-10)14(19)12-7-6-11(17(20)21)8-13(12)18/h2-8,18H,1H3. The van der Waals surface area contributed by atoms with Crippen molar-refractivity contribution in [2.45, 2.75) is 0 Å². The average Bonchev–Trinajstić information content (AvgIpc) is 2.46. The maximum absolute atomic E-state index is 12.9. The van der Waals surface area contributed by atoms with Gasteiger partial charge < -0.3 is 10.0 Å². The molecule has 0 saturated heterocycles. The molecule has 0 spiro atoms. The molecule has 0 atom stereocenters. The van der Waals surface area contributed by atoms with Crippen LogP contribution in [-0.2, 0) is 0 Å². The van der Waals surface area contributed by atoms with Crippen LogP contribution in [0, 0.1) is 15.9 Å². The van der Waals surface area contributed by atoms with Crippen molar-refractivity contribution in [1.82, 2.24) is 0 Å². The van der Waals surface area contributed by atoms with Crippen LogP contribution in [0.2, 0.25) is 0 Å². The summed E-state index contributed by atoms with van der Waals surface area (Å²) in [4.78, 5) is 23.4. The third kappa shape index (κ3) is 2.97. The molecule has 0 radical (unpaired) electrons. The first-order chi connectivity index (χ1) is 9.90. The molecule has 1 N–H and O–H groups in total. The second-order valence-electron chi connectivity index (χ2n) is 4.30. The summed E-state index contributed by atoms with van der Waals surface area (Å²) in [5.41, 5.74) is 0.0417. The van der Waals surface area contributed by atoms with Crippen LogP contribution in [0.1, 0.15) is 10.4 Å². The van der Waals surface area contributed by atoms with E-state index in [-0.39, 0.29) is 11.3 Å². The van der Waals surface area contributed by atoms with Crippen molar-refractivity contribution in [3.63, 3.8) is 0 Å². The van der Waals surface area contributed by atoms with Gasteiger partial charge in [0.1, 0.15) is 11.6 Å². The third-order valence-corrected chi connectivity index (χ3v) is 2.94. The molecule has 0 unspecified atom stereocenters. The van der Waals surface area contributed by atoms with E-state index < -0.39 is 22.4 Å². The molecule has 0 fully saturated rings. The van der Waals surface area contributed by atoms with E-state index >= 15 is 0 Å². The number of hydrogen-bond donors (Lipinski definition) is 1. The smallest absolute Gasteiger partial charge is 0.273 e. The van der Waals surface area contributed by atoms with Gasteiger partial charge >= 0.3 is 0 Å². The van der Waals surface area contributed by atoms with Crippen molar-refractivity contribution in [1.29, 1.82) is 0 Å². The van der Waals surface area contributed by atoms with Gasteiger partial charge in [0.15, 0.2) is 0 Å². The number of anilines is 1. The number of nitro benzene ring substituents is 1. The van der Waals surface area contributed by atoms with Gasteiger partial charge in [0.05, 0.1) is 16.6 Å². The Bertz CT molecular complexity index is 701. The topological polar surface area (TPSA) is 83.7 Å². The van der Waals surface area contributed by atoms with E-state index in [0.29, 0.717) is 5.69 Å². The summed E-state index contributed by atoms with van der Waals surface area (Å²) in [6, 6.07) is 8.45. The first-order valence-electron chi connectivity index (χ1n) is 5.91. The Balaban J connectivity index is 2.31. The van der Waals surface area contributed by atoms with Crippen LogP contribution in [0.3, 0.4) is 0 Å². The van der Waals surface area contributed by atoms with Crippen LogP contribution >= 0.6 is 0 Å². The number of nitro groups is 1.